The minimum absolute atomic E-state index is 0.202. The van der Waals surface area contributed by atoms with Crippen LogP contribution in [0.3, 0.4) is 0 Å². The monoisotopic (exact) mass is 368 g/mol. The van der Waals surface area contributed by atoms with Gasteiger partial charge in [-0.1, -0.05) is 0 Å². The van der Waals surface area contributed by atoms with Crippen molar-refractivity contribution >= 4 is 26.8 Å². The van der Waals surface area contributed by atoms with E-state index in [1.165, 1.54) is 6.07 Å². The number of nitrogens with zero attached hydrogens (tertiary/aromatic N) is 1. The maximum atomic E-state index is 13.5. The minimum Gasteiger partial charge on any atom is -0.389 e. The van der Waals surface area contributed by atoms with Crippen molar-refractivity contribution in [3.63, 3.8) is 0 Å². The number of hydrogen-bond acceptors (Lipinski definition) is 2. The topological polar surface area (TPSA) is 39.3 Å². The van der Waals surface area contributed by atoms with Crippen LogP contribution in [0.25, 0.3) is 10.9 Å². The third kappa shape index (κ3) is 3.07. The van der Waals surface area contributed by atoms with Crippen LogP contribution in [-0.2, 0) is 6.42 Å². The van der Waals surface area contributed by atoms with Gasteiger partial charge in [0.05, 0.1) is 10.2 Å². The normalized spacial score (nSPS) is 20.1. The van der Waals surface area contributed by atoms with E-state index in [2.05, 4.69) is 25.8 Å². The highest BCUT2D eigenvalue weighted by Gasteiger charge is 2.35. The van der Waals surface area contributed by atoms with E-state index in [-0.39, 0.29) is 11.9 Å². The van der Waals surface area contributed by atoms with Crippen LogP contribution >= 0.6 is 15.9 Å². The number of nitrogens with one attached hydrogen (secondary N) is 1. The molecule has 5 heteroatoms. The summed E-state index contributed by atoms with van der Waals surface area (Å²) in [6.07, 6.45) is 2.99. The number of aromatic nitrogens is 1. The Labute approximate surface area is 138 Å². The Balaban J connectivity index is 1.79. The first kappa shape index (κ1) is 16.0. The maximum absolute atomic E-state index is 13.5. The standard InChI is InChI=1S/C17H22BrFN2O/c1-17(2,22)15-4-3-8-21(15)9-7-12-13-10-11(19)5-6-14(13)20-16(12)18/h5-6,10,15,20,22H,3-4,7-9H2,1-2H3. The fraction of sp³-hybridized carbons (Fsp3) is 0.529. The summed E-state index contributed by atoms with van der Waals surface area (Å²) >= 11 is 3.55. The van der Waals surface area contributed by atoms with Crippen LogP contribution in [0.2, 0.25) is 0 Å². The minimum atomic E-state index is -0.681. The summed E-state index contributed by atoms with van der Waals surface area (Å²) in [5.41, 5.74) is 1.37. The third-order valence-corrected chi connectivity index (χ3v) is 5.32. The van der Waals surface area contributed by atoms with Crippen molar-refractivity contribution in [2.45, 2.75) is 44.8 Å². The number of benzene rings is 1. The molecular formula is C17H22BrFN2O. The van der Waals surface area contributed by atoms with Gasteiger partial charge in [0.1, 0.15) is 5.82 Å². The summed E-state index contributed by atoms with van der Waals surface area (Å²) in [6, 6.07) is 5.03. The van der Waals surface area contributed by atoms with Gasteiger partial charge in [-0.15, -0.1) is 0 Å². The molecule has 1 aromatic heterocycles. The van der Waals surface area contributed by atoms with Crippen LogP contribution in [0.4, 0.5) is 4.39 Å². The van der Waals surface area contributed by atoms with Gasteiger partial charge in [0, 0.05) is 23.5 Å². The Hall–Kier alpha value is -0.910. The zero-order valence-electron chi connectivity index (χ0n) is 13.0. The molecule has 120 valence electrons. The Bertz CT molecular complexity index is 677. The second kappa shape index (κ2) is 5.95. The lowest BCUT2D eigenvalue weighted by Crippen LogP contribution is -2.46. The van der Waals surface area contributed by atoms with Crippen molar-refractivity contribution in [1.82, 2.24) is 9.88 Å². The first-order chi connectivity index (χ1) is 10.4. The van der Waals surface area contributed by atoms with Gasteiger partial charge in [-0.3, -0.25) is 4.90 Å². The number of halogens is 2. The quantitative estimate of drug-likeness (QED) is 0.860. The molecule has 0 radical (unpaired) electrons. The molecule has 2 heterocycles. The van der Waals surface area contributed by atoms with E-state index in [0.717, 1.165) is 53.4 Å². The van der Waals surface area contributed by atoms with Crippen LogP contribution in [0.1, 0.15) is 32.3 Å². The van der Waals surface area contributed by atoms with Gasteiger partial charge < -0.3 is 10.1 Å². The molecule has 1 aliphatic rings. The Morgan fingerprint density at radius 1 is 1.45 bits per heavy atom. The van der Waals surface area contributed by atoms with Gasteiger partial charge in [-0.25, -0.2) is 4.39 Å². The Morgan fingerprint density at radius 3 is 2.95 bits per heavy atom. The molecule has 1 unspecified atom stereocenters. The molecule has 0 amide bonds. The summed E-state index contributed by atoms with van der Waals surface area (Å²) in [4.78, 5) is 5.60. The summed E-state index contributed by atoms with van der Waals surface area (Å²) in [5, 5.41) is 11.2. The second-order valence-electron chi connectivity index (χ2n) is 6.71. The van der Waals surface area contributed by atoms with Crippen LogP contribution in [0.15, 0.2) is 22.8 Å². The number of hydrogen-bond donors (Lipinski definition) is 2. The average Bonchev–Trinajstić information content (AvgIpc) is 3.00. The van der Waals surface area contributed by atoms with E-state index < -0.39 is 5.60 Å². The molecule has 1 aromatic carbocycles. The fourth-order valence-electron chi connectivity index (χ4n) is 3.58. The predicted octanol–water partition coefficient (Wildman–Crippen LogP) is 3.85. The number of likely N-dealkylation sites (tertiary alicyclic amines) is 1. The Morgan fingerprint density at radius 2 is 2.23 bits per heavy atom. The zero-order valence-corrected chi connectivity index (χ0v) is 14.6. The van der Waals surface area contributed by atoms with E-state index in [4.69, 9.17) is 0 Å². The lowest BCUT2D eigenvalue weighted by atomic mass is 9.96. The molecule has 0 aliphatic carbocycles. The first-order valence-corrected chi connectivity index (χ1v) is 8.57. The summed E-state index contributed by atoms with van der Waals surface area (Å²) < 4.78 is 14.4. The lowest BCUT2D eigenvalue weighted by molar-refractivity contribution is -0.00194. The van der Waals surface area contributed by atoms with Gasteiger partial charge in [-0.2, -0.15) is 0 Å². The van der Waals surface area contributed by atoms with Gasteiger partial charge in [0.25, 0.3) is 0 Å². The Kier molecular flexibility index (Phi) is 4.32. The molecule has 3 nitrogen and oxygen atoms in total. The van der Waals surface area contributed by atoms with Crippen molar-refractivity contribution < 1.29 is 9.50 Å². The molecule has 2 N–H and O–H groups in total. The summed E-state index contributed by atoms with van der Waals surface area (Å²) in [6.45, 7) is 5.65. The molecule has 1 aliphatic heterocycles. The lowest BCUT2D eigenvalue weighted by Gasteiger charge is -2.33. The van der Waals surface area contributed by atoms with Crippen LogP contribution in [-0.4, -0.2) is 39.7 Å². The third-order valence-electron chi connectivity index (χ3n) is 4.64. The molecule has 3 rings (SSSR count). The number of H-pyrrole nitrogens is 1. The van der Waals surface area contributed by atoms with Crippen LogP contribution in [0.5, 0.6) is 0 Å². The molecule has 1 saturated heterocycles. The fourth-order valence-corrected chi connectivity index (χ4v) is 4.21. The molecule has 0 bridgehead atoms. The largest absolute Gasteiger partial charge is 0.389 e. The predicted molar refractivity (Wildman–Crippen MR) is 90.6 cm³/mol. The molecule has 1 atom stereocenters. The summed E-state index contributed by atoms with van der Waals surface area (Å²) in [7, 11) is 0. The van der Waals surface area contributed by atoms with E-state index >= 15 is 0 Å². The van der Waals surface area contributed by atoms with Gasteiger partial charge in [-0.05, 0) is 79.3 Å². The molecule has 22 heavy (non-hydrogen) atoms. The van der Waals surface area contributed by atoms with Crippen LogP contribution in [0, 0.1) is 5.82 Å². The molecule has 0 spiro atoms. The van der Waals surface area contributed by atoms with E-state index in [0.29, 0.717) is 0 Å². The van der Waals surface area contributed by atoms with Crippen molar-refractivity contribution in [3.8, 4) is 0 Å². The van der Waals surface area contributed by atoms with Gasteiger partial charge >= 0.3 is 0 Å². The highest BCUT2D eigenvalue weighted by atomic mass is 79.9. The van der Waals surface area contributed by atoms with Crippen molar-refractivity contribution in [3.05, 3.63) is 34.2 Å². The smallest absolute Gasteiger partial charge is 0.123 e. The SMILES string of the molecule is CC(C)(O)C1CCCN1CCc1c(Br)[nH]c2ccc(F)cc12. The van der Waals surface area contributed by atoms with Crippen LogP contribution < -0.4 is 0 Å². The number of aromatic amines is 1. The highest BCUT2D eigenvalue weighted by Crippen LogP contribution is 2.30. The van der Waals surface area contributed by atoms with Crippen molar-refractivity contribution in [1.29, 1.82) is 0 Å². The van der Waals surface area contributed by atoms with E-state index in [1.54, 1.807) is 12.1 Å². The van der Waals surface area contributed by atoms with Crippen molar-refractivity contribution in [2.24, 2.45) is 0 Å². The number of rotatable bonds is 4. The molecule has 0 saturated carbocycles. The van der Waals surface area contributed by atoms with Crippen molar-refractivity contribution in [2.75, 3.05) is 13.1 Å². The molecule has 1 fully saturated rings. The average molecular weight is 369 g/mol. The van der Waals surface area contributed by atoms with Gasteiger partial charge in [0.2, 0.25) is 0 Å². The summed E-state index contributed by atoms with van der Waals surface area (Å²) in [5.74, 6) is -0.212. The maximum Gasteiger partial charge on any atom is 0.123 e. The molecular weight excluding hydrogens is 347 g/mol. The van der Waals surface area contributed by atoms with E-state index in [1.807, 2.05) is 13.8 Å². The molecule has 2 aromatic rings. The highest BCUT2D eigenvalue weighted by molar-refractivity contribution is 9.10. The number of fused-ring (bicyclic) bond motifs is 1. The second-order valence-corrected chi connectivity index (χ2v) is 7.50. The zero-order chi connectivity index (χ0) is 15.9. The number of aliphatic hydroxyl groups is 1. The van der Waals surface area contributed by atoms with Gasteiger partial charge in [0.15, 0.2) is 0 Å². The van der Waals surface area contributed by atoms with E-state index in [9.17, 15) is 9.50 Å². The first-order valence-electron chi connectivity index (χ1n) is 7.78.